The summed E-state index contributed by atoms with van der Waals surface area (Å²) in [4.78, 5) is 59.3. The summed E-state index contributed by atoms with van der Waals surface area (Å²) in [6.07, 6.45) is 11.9. The van der Waals surface area contributed by atoms with Gasteiger partial charge in [-0.1, -0.05) is 80.8 Å². The van der Waals surface area contributed by atoms with Crippen molar-refractivity contribution in [3.63, 3.8) is 0 Å². The molecule has 7 atom stereocenters. The molecule has 10 nitrogen and oxygen atoms in total. The molecule has 4 aliphatic heterocycles. The third-order valence-corrected chi connectivity index (χ3v) is 9.64. The van der Waals surface area contributed by atoms with Crippen LogP contribution >= 0.6 is 0 Å². The molecule has 0 aromatic heterocycles. The molecule has 2 saturated heterocycles. The number of hydrogen-bond acceptors (Lipinski definition) is 7. The van der Waals surface area contributed by atoms with Crippen LogP contribution in [0.3, 0.4) is 0 Å². The first-order valence-electron chi connectivity index (χ1n) is 16.6. The zero-order valence-corrected chi connectivity index (χ0v) is 26.4. The van der Waals surface area contributed by atoms with Crippen molar-refractivity contribution in [1.82, 2.24) is 15.1 Å². The van der Waals surface area contributed by atoms with Crippen LogP contribution in [0, 0.1) is 11.8 Å². The van der Waals surface area contributed by atoms with Crippen LogP contribution in [-0.2, 0) is 28.7 Å². The predicted molar refractivity (Wildman–Crippen MR) is 168 cm³/mol. The van der Waals surface area contributed by atoms with E-state index in [0.29, 0.717) is 32.4 Å². The molecule has 0 radical (unpaired) electrons. The number of likely N-dealkylation sites (tertiary alicyclic amines) is 1. The van der Waals surface area contributed by atoms with Crippen LogP contribution in [0.2, 0.25) is 0 Å². The van der Waals surface area contributed by atoms with Gasteiger partial charge < -0.3 is 29.7 Å². The molecule has 244 valence electrons. The first kappa shape index (κ1) is 32.9. The van der Waals surface area contributed by atoms with Crippen molar-refractivity contribution in [3.8, 4) is 0 Å². The Labute approximate surface area is 265 Å². The lowest BCUT2D eigenvalue weighted by atomic mass is 9.77. The first-order valence-corrected chi connectivity index (χ1v) is 16.6. The first-order chi connectivity index (χ1) is 21.8. The van der Waals surface area contributed by atoms with Crippen molar-refractivity contribution >= 4 is 23.7 Å². The van der Waals surface area contributed by atoms with Crippen molar-refractivity contribution < 1.29 is 33.8 Å². The highest BCUT2D eigenvalue weighted by molar-refractivity contribution is 5.99. The summed E-state index contributed by atoms with van der Waals surface area (Å²) < 4.78 is 12.4. The van der Waals surface area contributed by atoms with Gasteiger partial charge in [0.2, 0.25) is 17.7 Å². The molecule has 2 N–H and O–H groups in total. The lowest BCUT2D eigenvalue weighted by Gasteiger charge is -2.37. The second-order valence-electron chi connectivity index (χ2n) is 12.7. The number of nitrogens with zero attached hydrogens (tertiary/aromatic N) is 2. The van der Waals surface area contributed by atoms with Gasteiger partial charge in [0.05, 0.1) is 24.0 Å². The number of rotatable bonds is 10. The van der Waals surface area contributed by atoms with Gasteiger partial charge in [-0.25, -0.2) is 0 Å². The number of hydrogen-bond donors (Lipinski definition) is 2. The molecule has 2 fully saturated rings. The van der Waals surface area contributed by atoms with Gasteiger partial charge in [0.15, 0.2) is 0 Å². The summed E-state index contributed by atoms with van der Waals surface area (Å²) in [6.45, 7) is 4.97. The summed E-state index contributed by atoms with van der Waals surface area (Å²) in [5.41, 5.74) is -0.534. The molecule has 0 saturated carbocycles. The van der Waals surface area contributed by atoms with Crippen LogP contribution in [-0.4, -0.2) is 88.7 Å². The number of benzene rings is 1. The Hall–Kier alpha value is -3.50. The van der Waals surface area contributed by atoms with E-state index in [2.05, 4.69) is 12.2 Å². The number of aliphatic hydroxyl groups excluding tert-OH is 1. The maximum atomic E-state index is 14.5. The molecule has 4 aliphatic rings. The van der Waals surface area contributed by atoms with Gasteiger partial charge in [0, 0.05) is 32.2 Å². The van der Waals surface area contributed by atoms with E-state index in [1.54, 1.807) is 17.1 Å². The molecule has 5 rings (SSSR count). The summed E-state index contributed by atoms with van der Waals surface area (Å²) >= 11 is 0. The number of aliphatic hydroxyl groups is 1. The number of allylic oxidation sites excluding steroid dienone is 1. The molecule has 1 aromatic carbocycles. The van der Waals surface area contributed by atoms with Crippen LogP contribution in [0.15, 0.2) is 54.6 Å². The number of fused-ring (bicyclic) bond motifs is 2. The van der Waals surface area contributed by atoms with E-state index >= 15 is 0 Å². The standard InChI is InChI=1S/C35H47N3O7/c1-3-14-24(2)37-21-13-19-35-30(33(42)38(31(35)34(37)43)20-11-4-5-12-22-39)29-27(45-35)17-9-10-18-28(40)44-23-26(36-32(29)41)25-15-7-6-8-16-25/h6-9,13,15-17,19,24,26-27,29-31,39H,3-5,10-12,14,18,20-23H2,1-2H3,(H,36,41)/b17-9-/t24?,26-,27+,29-,30-,31+,35-/m1/s1. The van der Waals surface area contributed by atoms with E-state index in [9.17, 15) is 24.3 Å². The summed E-state index contributed by atoms with van der Waals surface area (Å²) in [5.74, 6) is -2.95. The van der Waals surface area contributed by atoms with Gasteiger partial charge in [-0.15, -0.1) is 0 Å². The Balaban J connectivity index is 1.53. The summed E-state index contributed by atoms with van der Waals surface area (Å²) in [5, 5.41) is 12.3. The maximum absolute atomic E-state index is 14.5. The van der Waals surface area contributed by atoms with Crippen LogP contribution in [0.4, 0.5) is 0 Å². The zero-order valence-electron chi connectivity index (χ0n) is 26.4. The Bertz CT molecular complexity index is 1280. The number of carbonyl (C=O) groups excluding carboxylic acids is 4. The second kappa shape index (κ2) is 14.7. The predicted octanol–water partition coefficient (Wildman–Crippen LogP) is 3.46. The largest absolute Gasteiger partial charge is 0.463 e. The smallest absolute Gasteiger partial charge is 0.306 e. The van der Waals surface area contributed by atoms with E-state index < -0.39 is 35.6 Å². The van der Waals surface area contributed by atoms with Gasteiger partial charge in [-0.2, -0.15) is 0 Å². The van der Waals surface area contributed by atoms with Gasteiger partial charge in [-0.05, 0) is 38.2 Å². The lowest BCUT2D eigenvalue weighted by molar-refractivity contribution is -0.149. The monoisotopic (exact) mass is 621 g/mol. The van der Waals surface area contributed by atoms with Gasteiger partial charge in [0.25, 0.3) is 0 Å². The zero-order chi connectivity index (χ0) is 32.0. The molecule has 10 heteroatoms. The fourth-order valence-electron chi connectivity index (χ4n) is 7.41. The van der Waals surface area contributed by atoms with E-state index in [1.165, 1.54) is 0 Å². The highest BCUT2D eigenvalue weighted by Crippen LogP contribution is 2.53. The minimum atomic E-state index is -1.31. The number of ether oxygens (including phenoxy) is 2. The lowest BCUT2D eigenvalue weighted by Crippen LogP contribution is -2.56. The van der Waals surface area contributed by atoms with Crippen molar-refractivity contribution in [2.75, 3.05) is 26.3 Å². The van der Waals surface area contributed by atoms with E-state index in [4.69, 9.17) is 9.47 Å². The quantitative estimate of drug-likeness (QED) is 0.233. The molecule has 0 aliphatic carbocycles. The van der Waals surface area contributed by atoms with Gasteiger partial charge in [-0.3, -0.25) is 19.2 Å². The number of carbonyl (C=O) groups is 4. The Morgan fingerprint density at radius 3 is 2.58 bits per heavy atom. The van der Waals surface area contributed by atoms with Crippen molar-refractivity contribution in [1.29, 1.82) is 0 Å². The van der Waals surface area contributed by atoms with Crippen LogP contribution in [0.5, 0.6) is 0 Å². The van der Waals surface area contributed by atoms with Crippen molar-refractivity contribution in [2.24, 2.45) is 11.8 Å². The molecule has 0 bridgehead atoms. The third kappa shape index (κ3) is 6.72. The molecule has 45 heavy (non-hydrogen) atoms. The summed E-state index contributed by atoms with van der Waals surface area (Å²) in [6, 6.07) is 7.78. The average Bonchev–Trinajstić information content (AvgIpc) is 3.41. The Kier molecular flexibility index (Phi) is 10.8. The molecular formula is C35H47N3O7. The Morgan fingerprint density at radius 1 is 1.04 bits per heavy atom. The average molecular weight is 622 g/mol. The second-order valence-corrected chi connectivity index (χ2v) is 12.7. The fraction of sp³-hybridized carbons (Fsp3) is 0.600. The number of cyclic esters (lactones) is 1. The maximum Gasteiger partial charge on any atom is 0.306 e. The van der Waals surface area contributed by atoms with E-state index in [-0.39, 0.29) is 49.4 Å². The molecule has 1 unspecified atom stereocenters. The van der Waals surface area contributed by atoms with E-state index in [0.717, 1.165) is 31.2 Å². The Morgan fingerprint density at radius 2 is 1.82 bits per heavy atom. The molecule has 1 aromatic rings. The van der Waals surface area contributed by atoms with Crippen molar-refractivity contribution in [3.05, 3.63) is 60.2 Å². The molecule has 1 spiro atoms. The van der Waals surface area contributed by atoms with E-state index in [1.807, 2.05) is 54.3 Å². The van der Waals surface area contributed by atoms with Crippen LogP contribution in [0.1, 0.15) is 76.8 Å². The van der Waals surface area contributed by atoms with Gasteiger partial charge >= 0.3 is 5.97 Å². The topological polar surface area (TPSA) is 125 Å². The highest BCUT2D eigenvalue weighted by atomic mass is 16.5. The normalized spacial score (nSPS) is 31.6. The highest BCUT2D eigenvalue weighted by Gasteiger charge is 2.71. The molecule has 4 heterocycles. The number of esters is 1. The molecule has 3 amide bonds. The third-order valence-electron chi connectivity index (χ3n) is 9.64. The number of nitrogens with one attached hydrogen (secondary N) is 1. The minimum absolute atomic E-state index is 0.0233. The van der Waals surface area contributed by atoms with Crippen LogP contribution < -0.4 is 5.32 Å². The summed E-state index contributed by atoms with van der Waals surface area (Å²) in [7, 11) is 0. The molecular weight excluding hydrogens is 574 g/mol. The van der Waals surface area contributed by atoms with Crippen molar-refractivity contribution in [2.45, 2.75) is 95.0 Å². The minimum Gasteiger partial charge on any atom is -0.463 e. The number of amides is 3. The fourth-order valence-corrected chi connectivity index (χ4v) is 7.41. The number of unbranched alkanes of at least 4 members (excludes halogenated alkanes) is 3. The SMILES string of the molecule is CCCC(C)N1CC=C[C@@]23O[C@H]4/C=C\CCC(=O)OC[C@H](c5ccccc5)NC(=O)[C@H]4[C@@H]2C(=O)N(CCCCCCO)[C@H]3C1=O. The van der Waals surface area contributed by atoms with Gasteiger partial charge in [0.1, 0.15) is 18.2 Å². The van der Waals surface area contributed by atoms with Crippen LogP contribution in [0.25, 0.3) is 0 Å².